The van der Waals surface area contributed by atoms with E-state index in [0.29, 0.717) is 10.8 Å². The Morgan fingerprint density at radius 1 is 1.00 bits per heavy atom. The molecule has 3 fully saturated rings. The zero-order valence-corrected chi connectivity index (χ0v) is 13.9. The first-order valence-corrected chi connectivity index (χ1v) is 9.04. The second-order valence-corrected chi connectivity index (χ2v) is 8.80. The summed E-state index contributed by atoms with van der Waals surface area (Å²) in [6.07, 6.45) is 13.5. The maximum absolute atomic E-state index is 10.0. The summed E-state index contributed by atoms with van der Waals surface area (Å²) in [5.74, 6) is 2.47. The van der Waals surface area contributed by atoms with Gasteiger partial charge in [-0.25, -0.2) is 0 Å². The van der Waals surface area contributed by atoms with Gasteiger partial charge in [0.15, 0.2) is 0 Å². The van der Waals surface area contributed by atoms with Crippen molar-refractivity contribution in [2.24, 2.45) is 28.6 Å². The minimum absolute atomic E-state index is 0.0976. The van der Waals surface area contributed by atoms with Gasteiger partial charge in [0.2, 0.25) is 0 Å². The average molecular weight is 286 g/mol. The van der Waals surface area contributed by atoms with E-state index in [2.05, 4.69) is 32.9 Å². The number of allylic oxidation sites excluding steroid dienone is 3. The summed E-state index contributed by atoms with van der Waals surface area (Å²) in [5, 5.41) is 10.0. The van der Waals surface area contributed by atoms with Gasteiger partial charge in [-0.1, -0.05) is 44.1 Å². The molecule has 1 N–H and O–H groups in total. The molecule has 21 heavy (non-hydrogen) atoms. The number of aliphatic hydroxyl groups is 1. The highest BCUT2D eigenvalue weighted by atomic mass is 16.3. The number of fused-ring (bicyclic) bond motifs is 5. The van der Waals surface area contributed by atoms with Crippen LogP contribution >= 0.6 is 0 Å². The highest BCUT2D eigenvalue weighted by Crippen LogP contribution is 2.64. The van der Waals surface area contributed by atoms with Gasteiger partial charge in [-0.15, -0.1) is 0 Å². The van der Waals surface area contributed by atoms with Crippen LogP contribution in [0.2, 0.25) is 0 Å². The molecule has 6 atom stereocenters. The van der Waals surface area contributed by atoms with E-state index in [9.17, 15) is 5.11 Å². The number of aliphatic hydroxyl groups excluding tert-OH is 1. The second kappa shape index (κ2) is 4.47. The monoisotopic (exact) mass is 286 g/mol. The average Bonchev–Trinajstić information content (AvgIpc) is 2.76. The summed E-state index contributed by atoms with van der Waals surface area (Å²) in [7, 11) is 0. The smallest absolute Gasteiger partial charge is 0.0578 e. The Labute approximate surface area is 129 Å². The van der Waals surface area contributed by atoms with Crippen LogP contribution < -0.4 is 0 Å². The molecule has 0 heterocycles. The summed E-state index contributed by atoms with van der Waals surface area (Å²) in [6, 6.07) is 0. The Morgan fingerprint density at radius 3 is 2.62 bits per heavy atom. The molecular weight excluding hydrogens is 256 g/mol. The summed E-state index contributed by atoms with van der Waals surface area (Å²) in [6.45, 7) is 7.52. The van der Waals surface area contributed by atoms with Crippen LogP contribution in [0.25, 0.3) is 0 Å². The molecule has 1 heteroatoms. The Kier molecular flexibility index (Phi) is 2.99. The fourth-order valence-electron chi connectivity index (χ4n) is 6.24. The topological polar surface area (TPSA) is 20.2 Å². The van der Waals surface area contributed by atoms with E-state index in [1.807, 2.05) is 0 Å². The van der Waals surface area contributed by atoms with E-state index in [1.54, 1.807) is 5.57 Å². The first-order valence-electron chi connectivity index (χ1n) is 9.04. The minimum Gasteiger partial charge on any atom is -0.393 e. The van der Waals surface area contributed by atoms with Crippen LogP contribution in [-0.4, -0.2) is 11.2 Å². The lowest BCUT2D eigenvalue weighted by Crippen LogP contribution is -2.45. The molecular formula is C20H30O. The predicted octanol–water partition coefficient (Wildman–Crippen LogP) is 4.87. The van der Waals surface area contributed by atoms with Crippen LogP contribution in [-0.2, 0) is 0 Å². The van der Waals surface area contributed by atoms with E-state index < -0.39 is 0 Å². The predicted molar refractivity (Wildman–Crippen MR) is 86.8 cm³/mol. The molecule has 0 saturated heterocycles. The van der Waals surface area contributed by atoms with Crippen molar-refractivity contribution < 1.29 is 5.11 Å². The van der Waals surface area contributed by atoms with Crippen molar-refractivity contribution in [3.05, 3.63) is 23.3 Å². The van der Waals surface area contributed by atoms with Gasteiger partial charge in [-0.05, 0) is 73.5 Å². The van der Waals surface area contributed by atoms with E-state index >= 15 is 0 Å². The van der Waals surface area contributed by atoms with Crippen molar-refractivity contribution in [2.45, 2.75) is 71.8 Å². The van der Waals surface area contributed by atoms with Gasteiger partial charge in [0.25, 0.3) is 0 Å². The van der Waals surface area contributed by atoms with Gasteiger partial charge < -0.3 is 5.11 Å². The zero-order chi connectivity index (χ0) is 14.8. The van der Waals surface area contributed by atoms with Crippen LogP contribution in [0.4, 0.5) is 0 Å². The molecule has 0 aromatic carbocycles. The molecule has 1 nitrogen and oxygen atoms in total. The van der Waals surface area contributed by atoms with Crippen molar-refractivity contribution in [2.75, 3.05) is 0 Å². The third-order valence-corrected chi connectivity index (χ3v) is 8.02. The first-order chi connectivity index (χ1) is 9.95. The quantitative estimate of drug-likeness (QED) is 0.674. The fourth-order valence-corrected chi connectivity index (χ4v) is 6.24. The molecule has 0 amide bonds. The molecule has 116 valence electrons. The third-order valence-electron chi connectivity index (χ3n) is 8.02. The van der Waals surface area contributed by atoms with Crippen molar-refractivity contribution in [3.8, 4) is 0 Å². The van der Waals surface area contributed by atoms with Crippen molar-refractivity contribution in [1.82, 2.24) is 0 Å². The summed E-state index contributed by atoms with van der Waals surface area (Å²) in [5.41, 5.74) is 4.20. The van der Waals surface area contributed by atoms with E-state index in [1.165, 1.54) is 37.7 Å². The molecule has 4 rings (SSSR count). The normalized spacial score (nSPS) is 52.4. The summed E-state index contributed by atoms with van der Waals surface area (Å²) in [4.78, 5) is 0. The highest BCUT2D eigenvalue weighted by Gasteiger charge is 2.55. The molecule has 0 radical (unpaired) electrons. The van der Waals surface area contributed by atoms with Crippen LogP contribution in [0.1, 0.15) is 65.7 Å². The number of hydrogen-bond donors (Lipinski definition) is 1. The maximum Gasteiger partial charge on any atom is 0.0578 e. The largest absolute Gasteiger partial charge is 0.393 e. The van der Waals surface area contributed by atoms with Crippen molar-refractivity contribution >= 4 is 0 Å². The second-order valence-electron chi connectivity index (χ2n) is 8.80. The Balaban J connectivity index is 1.74. The number of hydrogen-bond acceptors (Lipinski definition) is 1. The van der Waals surface area contributed by atoms with Gasteiger partial charge in [-0.2, -0.15) is 0 Å². The minimum atomic E-state index is -0.0976. The van der Waals surface area contributed by atoms with Crippen LogP contribution in [0.5, 0.6) is 0 Å². The number of rotatable bonds is 0. The molecule has 0 bridgehead atoms. The van der Waals surface area contributed by atoms with Crippen LogP contribution in [0.3, 0.4) is 0 Å². The Hall–Kier alpha value is -0.560. The lowest BCUT2D eigenvalue weighted by molar-refractivity contribution is 0.0476. The standard InChI is InChI=1S/C20H30O/c1-13-4-7-17-16-6-5-14-12-15(21)8-10-20(14,3)18(16)9-11-19(13,17)2/h5-6,13,15,17-18,21H,4,7-12H2,1-3H3. The fraction of sp³-hybridized carbons (Fsp3) is 0.800. The van der Waals surface area contributed by atoms with Crippen LogP contribution in [0, 0.1) is 28.6 Å². The lowest BCUT2D eigenvalue weighted by atomic mass is 9.50. The van der Waals surface area contributed by atoms with Gasteiger partial charge in [-0.3, -0.25) is 0 Å². The molecule has 0 aliphatic heterocycles. The van der Waals surface area contributed by atoms with E-state index in [-0.39, 0.29) is 6.10 Å². The molecule has 6 unspecified atom stereocenters. The van der Waals surface area contributed by atoms with Crippen molar-refractivity contribution in [1.29, 1.82) is 0 Å². The zero-order valence-electron chi connectivity index (χ0n) is 13.9. The van der Waals surface area contributed by atoms with Gasteiger partial charge >= 0.3 is 0 Å². The Morgan fingerprint density at radius 2 is 1.81 bits per heavy atom. The Bertz CT molecular complexity index is 516. The highest BCUT2D eigenvalue weighted by molar-refractivity contribution is 5.38. The summed E-state index contributed by atoms with van der Waals surface area (Å²) < 4.78 is 0. The SMILES string of the molecule is CC1CCC2C3=CC=C4CC(O)CCC4(C)C3CCC12C. The van der Waals surface area contributed by atoms with Crippen molar-refractivity contribution in [3.63, 3.8) is 0 Å². The van der Waals surface area contributed by atoms with E-state index in [0.717, 1.165) is 30.6 Å². The molecule has 4 aliphatic rings. The molecule has 0 spiro atoms. The van der Waals surface area contributed by atoms with Gasteiger partial charge in [0, 0.05) is 0 Å². The lowest BCUT2D eigenvalue weighted by Gasteiger charge is -2.54. The molecule has 0 aromatic rings. The van der Waals surface area contributed by atoms with Crippen LogP contribution in [0.15, 0.2) is 23.3 Å². The van der Waals surface area contributed by atoms with Gasteiger partial charge in [0.1, 0.15) is 0 Å². The third kappa shape index (κ3) is 1.79. The van der Waals surface area contributed by atoms with E-state index in [4.69, 9.17) is 0 Å². The molecule has 3 saturated carbocycles. The summed E-state index contributed by atoms with van der Waals surface area (Å²) >= 11 is 0. The molecule has 0 aromatic heterocycles. The van der Waals surface area contributed by atoms with Gasteiger partial charge in [0.05, 0.1) is 6.10 Å². The molecule has 4 aliphatic carbocycles. The maximum atomic E-state index is 10.0. The first kappa shape index (κ1) is 14.1.